The quantitative estimate of drug-likeness (QED) is 0.531. The van der Waals surface area contributed by atoms with E-state index < -0.39 is 17.0 Å². The van der Waals surface area contributed by atoms with Crippen LogP contribution in [0.3, 0.4) is 0 Å². The van der Waals surface area contributed by atoms with Gasteiger partial charge in [-0.1, -0.05) is 52.4 Å². The molecule has 3 aliphatic carbocycles. The molecule has 1 nitrogen and oxygen atoms in total. The lowest BCUT2D eigenvalue weighted by molar-refractivity contribution is -0.193. The predicted octanol–water partition coefficient (Wildman–Crippen LogP) is 6.64. The van der Waals surface area contributed by atoms with Gasteiger partial charge in [0.15, 0.2) is 5.78 Å². The van der Waals surface area contributed by atoms with Gasteiger partial charge in [-0.15, -0.1) is 0 Å². The smallest absolute Gasteiger partial charge is 0.151 e. The van der Waals surface area contributed by atoms with Gasteiger partial charge in [-0.25, -0.2) is 4.39 Å². The zero-order valence-corrected chi connectivity index (χ0v) is 15.9. The third-order valence-electron chi connectivity index (χ3n) is 7.80. The number of carbonyl (C=O) groups is 1. The minimum atomic E-state index is -0.836. The van der Waals surface area contributed by atoms with Crippen molar-refractivity contribution in [2.45, 2.75) is 110 Å². The molecule has 2 spiro atoms. The summed E-state index contributed by atoms with van der Waals surface area (Å²) >= 11 is 0. The Morgan fingerprint density at radius 1 is 0.833 bits per heavy atom. The van der Waals surface area contributed by atoms with E-state index in [1.807, 2.05) is 0 Å². The normalized spacial score (nSPS) is 42.5. The summed E-state index contributed by atoms with van der Waals surface area (Å²) in [6.07, 6.45) is 14.5. The summed E-state index contributed by atoms with van der Waals surface area (Å²) in [7, 11) is 0. The minimum absolute atomic E-state index is 0.338. The maximum Gasteiger partial charge on any atom is 0.151 e. The molecule has 0 aromatic heterocycles. The third-order valence-corrected chi connectivity index (χ3v) is 7.80. The topological polar surface area (TPSA) is 17.1 Å². The summed E-state index contributed by atoms with van der Waals surface area (Å²) in [6.45, 7) is 4.47. The molecule has 0 saturated heterocycles. The second-order valence-electron chi connectivity index (χ2n) is 9.18. The molecule has 0 aromatic rings. The maximum absolute atomic E-state index is 15.4. The van der Waals surface area contributed by atoms with E-state index in [1.165, 1.54) is 38.5 Å². The third kappa shape index (κ3) is 2.97. The molecule has 0 aliphatic heterocycles. The van der Waals surface area contributed by atoms with Gasteiger partial charge >= 0.3 is 0 Å². The van der Waals surface area contributed by atoms with Crippen molar-refractivity contribution in [2.75, 3.05) is 0 Å². The number of ketones is 1. The number of rotatable bonds is 6. The molecular formula is C22H37FO. The van der Waals surface area contributed by atoms with Gasteiger partial charge in [0.2, 0.25) is 0 Å². The van der Waals surface area contributed by atoms with Crippen molar-refractivity contribution in [2.24, 2.45) is 22.7 Å². The molecule has 138 valence electrons. The van der Waals surface area contributed by atoms with Gasteiger partial charge in [-0.05, 0) is 63.2 Å². The van der Waals surface area contributed by atoms with Crippen molar-refractivity contribution >= 4 is 5.78 Å². The molecule has 3 rings (SSSR count). The van der Waals surface area contributed by atoms with Crippen LogP contribution in [0.25, 0.3) is 0 Å². The molecule has 3 aliphatic rings. The maximum atomic E-state index is 15.4. The minimum Gasteiger partial charge on any atom is -0.298 e. The van der Waals surface area contributed by atoms with Crippen LogP contribution < -0.4 is 0 Å². The van der Waals surface area contributed by atoms with E-state index >= 15 is 4.39 Å². The van der Waals surface area contributed by atoms with Crippen LogP contribution in [-0.4, -0.2) is 12.0 Å². The van der Waals surface area contributed by atoms with Gasteiger partial charge in [-0.3, -0.25) is 4.79 Å². The molecule has 0 unspecified atom stereocenters. The highest BCUT2D eigenvalue weighted by Crippen LogP contribution is 2.65. The monoisotopic (exact) mass is 336 g/mol. The average Bonchev–Trinajstić information content (AvgIpc) is 2.64. The molecule has 0 aromatic carbocycles. The zero-order chi connectivity index (χ0) is 17.2. The van der Waals surface area contributed by atoms with E-state index in [1.54, 1.807) is 0 Å². The average molecular weight is 337 g/mol. The first-order valence-corrected chi connectivity index (χ1v) is 10.8. The molecule has 2 heteroatoms. The van der Waals surface area contributed by atoms with Gasteiger partial charge in [0, 0.05) is 0 Å². The fourth-order valence-corrected chi connectivity index (χ4v) is 6.09. The van der Waals surface area contributed by atoms with E-state index in [0.29, 0.717) is 5.78 Å². The Morgan fingerprint density at radius 3 is 1.50 bits per heavy atom. The van der Waals surface area contributed by atoms with Crippen molar-refractivity contribution in [3.05, 3.63) is 0 Å². The highest BCUT2D eigenvalue weighted by molar-refractivity contribution is 5.98. The van der Waals surface area contributed by atoms with E-state index in [2.05, 4.69) is 13.8 Å². The van der Waals surface area contributed by atoms with Crippen LogP contribution in [0.5, 0.6) is 0 Å². The largest absolute Gasteiger partial charge is 0.298 e. The van der Waals surface area contributed by atoms with Gasteiger partial charge in [0.1, 0.15) is 6.17 Å². The van der Waals surface area contributed by atoms with Crippen molar-refractivity contribution in [1.82, 2.24) is 0 Å². The molecule has 0 atom stereocenters. The Bertz CT molecular complexity index is 389. The highest BCUT2D eigenvalue weighted by Gasteiger charge is 2.71. The van der Waals surface area contributed by atoms with E-state index in [-0.39, 0.29) is 0 Å². The molecule has 0 N–H and O–H groups in total. The fourth-order valence-electron chi connectivity index (χ4n) is 6.09. The molecule has 0 amide bonds. The Morgan fingerprint density at radius 2 is 1.21 bits per heavy atom. The first-order chi connectivity index (χ1) is 11.6. The SMILES string of the molecule is CCCCC1CC[C@]2(CC1)C(=O)[C@@]1(CCC(CCCC)CC1)C2F. The zero-order valence-electron chi connectivity index (χ0n) is 15.9. The van der Waals surface area contributed by atoms with Crippen LogP contribution in [0.4, 0.5) is 4.39 Å². The molecular weight excluding hydrogens is 299 g/mol. The number of carbonyl (C=O) groups excluding carboxylic acids is 1. The van der Waals surface area contributed by atoms with Crippen LogP contribution in [0, 0.1) is 22.7 Å². The predicted molar refractivity (Wildman–Crippen MR) is 97.7 cm³/mol. The van der Waals surface area contributed by atoms with Gasteiger partial charge in [0.25, 0.3) is 0 Å². The molecule has 0 bridgehead atoms. The molecule has 0 heterocycles. The van der Waals surface area contributed by atoms with E-state index in [0.717, 1.165) is 63.2 Å². The van der Waals surface area contributed by atoms with Crippen molar-refractivity contribution in [1.29, 1.82) is 0 Å². The Balaban J connectivity index is 1.55. The van der Waals surface area contributed by atoms with Crippen molar-refractivity contribution in [3.63, 3.8) is 0 Å². The number of hydrogen-bond acceptors (Lipinski definition) is 1. The number of halogens is 1. The molecule has 0 radical (unpaired) electrons. The van der Waals surface area contributed by atoms with Crippen molar-refractivity contribution < 1.29 is 9.18 Å². The fraction of sp³-hybridized carbons (Fsp3) is 0.955. The lowest BCUT2D eigenvalue weighted by Gasteiger charge is -2.61. The van der Waals surface area contributed by atoms with Crippen LogP contribution in [0.15, 0.2) is 0 Å². The van der Waals surface area contributed by atoms with Gasteiger partial charge < -0.3 is 0 Å². The summed E-state index contributed by atoms with van der Waals surface area (Å²) in [4.78, 5) is 13.1. The van der Waals surface area contributed by atoms with Crippen LogP contribution in [0.2, 0.25) is 0 Å². The summed E-state index contributed by atoms with van der Waals surface area (Å²) in [6, 6.07) is 0. The summed E-state index contributed by atoms with van der Waals surface area (Å²) in [5.41, 5.74) is -1.11. The summed E-state index contributed by atoms with van der Waals surface area (Å²) < 4.78 is 15.4. The number of Topliss-reactive ketones (excluding diaryl/α,β-unsaturated/α-hetero) is 1. The standard InChI is InChI=1S/C22H37FO/c1-3-5-7-17-9-13-21(14-10-17)19(23)22(20(21)24)15-11-18(12-16-22)8-6-4-2/h17-19H,3-16H2,1-2H3/t17?,18?,19?,21-,22-. The van der Waals surface area contributed by atoms with Crippen LogP contribution >= 0.6 is 0 Å². The molecule has 3 saturated carbocycles. The second kappa shape index (κ2) is 7.46. The highest BCUT2D eigenvalue weighted by atomic mass is 19.1. The first-order valence-electron chi connectivity index (χ1n) is 10.8. The van der Waals surface area contributed by atoms with E-state index in [9.17, 15) is 4.79 Å². The summed E-state index contributed by atoms with van der Waals surface area (Å²) in [5, 5.41) is 0. The number of unbranched alkanes of at least 4 members (excludes halogenated alkanes) is 2. The Hall–Kier alpha value is -0.400. The second-order valence-corrected chi connectivity index (χ2v) is 9.18. The lowest BCUT2D eigenvalue weighted by atomic mass is 9.41. The Labute approximate surface area is 148 Å². The van der Waals surface area contributed by atoms with Crippen LogP contribution in [0.1, 0.15) is 104 Å². The first kappa shape index (κ1) is 18.4. The van der Waals surface area contributed by atoms with Crippen LogP contribution in [-0.2, 0) is 4.79 Å². The molecule has 24 heavy (non-hydrogen) atoms. The van der Waals surface area contributed by atoms with Crippen molar-refractivity contribution in [3.8, 4) is 0 Å². The van der Waals surface area contributed by atoms with Gasteiger partial charge in [0.05, 0.1) is 10.8 Å². The molecule has 3 fully saturated rings. The number of alkyl halides is 1. The Kier molecular flexibility index (Phi) is 5.72. The lowest BCUT2D eigenvalue weighted by Crippen LogP contribution is -2.69. The van der Waals surface area contributed by atoms with E-state index in [4.69, 9.17) is 0 Å². The van der Waals surface area contributed by atoms with Gasteiger partial charge in [-0.2, -0.15) is 0 Å². The summed E-state index contributed by atoms with van der Waals surface area (Å²) in [5.74, 6) is 1.83. The number of hydrogen-bond donors (Lipinski definition) is 0.